The minimum absolute atomic E-state index is 0.0629. The smallest absolute Gasteiger partial charge is 0.208 e. The predicted octanol–water partition coefficient (Wildman–Crippen LogP) is 0.949. The summed E-state index contributed by atoms with van der Waals surface area (Å²) in [4.78, 5) is 0. The van der Waals surface area contributed by atoms with Crippen LogP contribution in [0.25, 0.3) is 0 Å². The second kappa shape index (κ2) is 4.57. The van der Waals surface area contributed by atoms with Crippen LogP contribution in [0.15, 0.2) is 23.3 Å². The highest BCUT2D eigenvalue weighted by Gasteiger charge is 2.01. The summed E-state index contributed by atoms with van der Waals surface area (Å²) in [6, 6.07) is 5.08. The summed E-state index contributed by atoms with van der Waals surface area (Å²) < 4.78 is 5.06. The molecule has 5 nitrogen and oxygen atoms in total. The van der Waals surface area contributed by atoms with E-state index >= 15 is 0 Å². The van der Waals surface area contributed by atoms with Gasteiger partial charge in [-0.2, -0.15) is 0 Å². The number of methoxy groups -OCH3 is 1. The van der Waals surface area contributed by atoms with Crippen LogP contribution in [0.1, 0.15) is 0 Å². The molecular weight excluding hydrogens is 204 g/mol. The average molecular weight is 215 g/mol. The van der Waals surface area contributed by atoms with E-state index in [0.29, 0.717) is 16.5 Å². The van der Waals surface area contributed by atoms with Gasteiger partial charge in [-0.05, 0) is 18.2 Å². The Kier molecular flexibility index (Phi) is 3.41. The lowest BCUT2D eigenvalue weighted by atomic mass is 10.3. The third-order valence-corrected chi connectivity index (χ3v) is 1.70. The number of nitrogens with zero attached hydrogens (tertiary/aromatic N) is 1. The van der Waals surface area contributed by atoms with Crippen molar-refractivity contribution in [3.05, 3.63) is 23.2 Å². The Hall–Kier alpha value is -1.62. The molecule has 0 atom stereocenters. The molecule has 0 radical (unpaired) electrons. The van der Waals surface area contributed by atoms with Gasteiger partial charge < -0.3 is 16.2 Å². The highest BCUT2D eigenvalue weighted by Crippen LogP contribution is 2.27. The number of anilines is 1. The summed E-state index contributed by atoms with van der Waals surface area (Å²) >= 11 is 5.78. The predicted molar refractivity (Wildman–Crippen MR) is 57.4 cm³/mol. The quantitative estimate of drug-likeness (QED) is 0.397. The average Bonchev–Trinajstić information content (AvgIpc) is 2.15. The Morgan fingerprint density at radius 3 is 2.79 bits per heavy atom. The number of halogens is 1. The van der Waals surface area contributed by atoms with Crippen molar-refractivity contribution < 1.29 is 4.74 Å². The standard InChI is InChI=1S/C8H11ClN4O/c1-14-7-3-2-5(9)4-6(7)12-13-8(10)11/h2-4,12H,1H3,(H4,10,11,13). The van der Waals surface area contributed by atoms with Crippen LogP contribution in [0, 0.1) is 0 Å². The van der Waals surface area contributed by atoms with E-state index in [1.807, 2.05) is 0 Å². The largest absolute Gasteiger partial charge is 0.495 e. The van der Waals surface area contributed by atoms with E-state index in [-0.39, 0.29) is 5.96 Å². The zero-order valence-electron chi connectivity index (χ0n) is 7.62. The maximum Gasteiger partial charge on any atom is 0.208 e. The van der Waals surface area contributed by atoms with Crippen molar-refractivity contribution in [2.75, 3.05) is 12.5 Å². The molecule has 0 spiro atoms. The molecule has 1 aromatic carbocycles. The molecule has 0 saturated heterocycles. The van der Waals surface area contributed by atoms with Gasteiger partial charge in [-0.3, -0.25) is 5.43 Å². The van der Waals surface area contributed by atoms with Gasteiger partial charge in [0.1, 0.15) is 5.75 Å². The van der Waals surface area contributed by atoms with Crippen LogP contribution in [0.4, 0.5) is 5.69 Å². The summed E-state index contributed by atoms with van der Waals surface area (Å²) in [5, 5.41) is 4.20. The van der Waals surface area contributed by atoms with Crippen molar-refractivity contribution >= 4 is 23.2 Å². The molecule has 0 fully saturated rings. The summed E-state index contributed by atoms with van der Waals surface area (Å²) in [6.07, 6.45) is 0. The van der Waals surface area contributed by atoms with E-state index in [2.05, 4.69) is 10.5 Å². The maximum absolute atomic E-state index is 5.78. The highest BCUT2D eigenvalue weighted by molar-refractivity contribution is 6.30. The number of hydrazone groups is 1. The maximum atomic E-state index is 5.78. The summed E-state index contributed by atoms with van der Waals surface area (Å²) in [7, 11) is 1.55. The lowest BCUT2D eigenvalue weighted by molar-refractivity contribution is 0.416. The zero-order chi connectivity index (χ0) is 10.6. The lowest BCUT2D eigenvalue weighted by Gasteiger charge is -2.07. The molecule has 0 heterocycles. The molecule has 0 aliphatic rings. The number of benzene rings is 1. The summed E-state index contributed by atoms with van der Waals surface area (Å²) in [6.45, 7) is 0. The number of ether oxygens (including phenoxy) is 1. The topological polar surface area (TPSA) is 85.7 Å². The van der Waals surface area contributed by atoms with Gasteiger partial charge in [0.2, 0.25) is 5.96 Å². The molecule has 76 valence electrons. The van der Waals surface area contributed by atoms with Crippen LogP contribution >= 0.6 is 11.6 Å². The van der Waals surface area contributed by atoms with Crippen molar-refractivity contribution in [1.82, 2.24) is 0 Å². The van der Waals surface area contributed by atoms with Crippen LogP contribution in [0.2, 0.25) is 5.02 Å². The van der Waals surface area contributed by atoms with Gasteiger partial charge in [0.05, 0.1) is 12.8 Å². The minimum Gasteiger partial charge on any atom is -0.495 e. The molecular formula is C8H11ClN4O. The number of nitrogens with two attached hydrogens (primary N) is 2. The first-order valence-electron chi connectivity index (χ1n) is 3.81. The third kappa shape index (κ3) is 2.70. The summed E-state index contributed by atoms with van der Waals surface area (Å²) in [5.74, 6) is 0.548. The lowest BCUT2D eigenvalue weighted by Crippen LogP contribution is -2.24. The van der Waals surface area contributed by atoms with Crippen molar-refractivity contribution in [3.63, 3.8) is 0 Å². The number of hydrogen-bond donors (Lipinski definition) is 3. The number of nitrogens with one attached hydrogen (secondary N) is 1. The molecule has 1 aromatic rings. The number of guanidine groups is 1. The monoisotopic (exact) mass is 214 g/mol. The van der Waals surface area contributed by atoms with Crippen molar-refractivity contribution in [2.45, 2.75) is 0 Å². The Labute approximate surface area is 86.7 Å². The van der Waals surface area contributed by atoms with E-state index in [0.717, 1.165) is 0 Å². The molecule has 0 aliphatic carbocycles. The van der Waals surface area contributed by atoms with Gasteiger partial charge in [-0.1, -0.05) is 11.6 Å². The molecule has 0 amide bonds. The SMILES string of the molecule is COc1ccc(Cl)cc1NN=C(N)N. The molecule has 0 aromatic heterocycles. The normalized spacial score (nSPS) is 9.29. The number of rotatable bonds is 3. The van der Waals surface area contributed by atoms with Gasteiger partial charge >= 0.3 is 0 Å². The summed E-state index contributed by atoms with van der Waals surface area (Å²) in [5.41, 5.74) is 13.6. The van der Waals surface area contributed by atoms with Gasteiger partial charge in [0.25, 0.3) is 0 Å². The van der Waals surface area contributed by atoms with Crippen LogP contribution in [-0.4, -0.2) is 13.1 Å². The fourth-order valence-electron chi connectivity index (χ4n) is 0.892. The Morgan fingerprint density at radius 2 is 2.21 bits per heavy atom. The van der Waals surface area contributed by atoms with Gasteiger partial charge in [0, 0.05) is 5.02 Å². The Balaban J connectivity index is 2.93. The highest BCUT2D eigenvalue weighted by atomic mass is 35.5. The molecule has 0 unspecified atom stereocenters. The van der Waals surface area contributed by atoms with Gasteiger partial charge in [-0.25, -0.2) is 0 Å². The third-order valence-electron chi connectivity index (χ3n) is 1.47. The Morgan fingerprint density at radius 1 is 1.50 bits per heavy atom. The van der Waals surface area contributed by atoms with Gasteiger partial charge in [-0.15, -0.1) is 5.10 Å². The minimum atomic E-state index is -0.0629. The van der Waals surface area contributed by atoms with Crippen molar-refractivity contribution in [2.24, 2.45) is 16.6 Å². The van der Waals surface area contributed by atoms with Crippen LogP contribution in [0.3, 0.4) is 0 Å². The molecule has 6 heteroatoms. The first-order valence-corrected chi connectivity index (χ1v) is 4.19. The van der Waals surface area contributed by atoms with E-state index in [1.54, 1.807) is 25.3 Å². The number of hydrogen-bond acceptors (Lipinski definition) is 3. The molecule has 0 bridgehead atoms. The van der Waals surface area contributed by atoms with E-state index in [1.165, 1.54) is 0 Å². The second-order valence-corrected chi connectivity index (χ2v) is 2.93. The zero-order valence-corrected chi connectivity index (χ0v) is 8.38. The van der Waals surface area contributed by atoms with Crippen molar-refractivity contribution in [3.8, 4) is 5.75 Å². The molecule has 0 aliphatic heterocycles. The molecule has 5 N–H and O–H groups in total. The fraction of sp³-hybridized carbons (Fsp3) is 0.125. The van der Waals surface area contributed by atoms with Crippen LogP contribution in [0.5, 0.6) is 5.75 Å². The second-order valence-electron chi connectivity index (χ2n) is 2.49. The Bertz CT molecular complexity index is 349. The van der Waals surface area contributed by atoms with Gasteiger partial charge in [0.15, 0.2) is 0 Å². The molecule has 1 rings (SSSR count). The van der Waals surface area contributed by atoms with E-state index < -0.39 is 0 Å². The van der Waals surface area contributed by atoms with Crippen molar-refractivity contribution in [1.29, 1.82) is 0 Å². The van der Waals surface area contributed by atoms with Crippen LogP contribution < -0.4 is 21.6 Å². The first-order chi connectivity index (χ1) is 6.63. The van der Waals surface area contributed by atoms with E-state index in [9.17, 15) is 0 Å². The molecule has 14 heavy (non-hydrogen) atoms. The first kappa shape index (κ1) is 10.5. The van der Waals surface area contributed by atoms with E-state index in [4.69, 9.17) is 27.8 Å². The van der Waals surface area contributed by atoms with Crippen LogP contribution in [-0.2, 0) is 0 Å². The molecule has 0 saturated carbocycles. The fourth-order valence-corrected chi connectivity index (χ4v) is 1.06.